The second-order valence-corrected chi connectivity index (χ2v) is 5.56. The van der Waals surface area contributed by atoms with Crippen LogP contribution >= 0.6 is 0 Å². The average Bonchev–Trinajstić information content (AvgIpc) is 2.14. The van der Waals surface area contributed by atoms with Crippen molar-refractivity contribution in [3.05, 3.63) is 12.2 Å². The molecule has 0 aromatic rings. The van der Waals surface area contributed by atoms with Crippen molar-refractivity contribution in [2.45, 2.75) is 58.3 Å². The van der Waals surface area contributed by atoms with Crippen LogP contribution in [0.5, 0.6) is 0 Å². The molecule has 1 unspecified atom stereocenters. The summed E-state index contributed by atoms with van der Waals surface area (Å²) in [7, 11) is 0. The minimum atomic E-state index is -0.0705. The van der Waals surface area contributed by atoms with Gasteiger partial charge in [0, 0.05) is 12.6 Å². The first-order chi connectivity index (χ1) is 6.23. The molecule has 2 heteroatoms. The molecule has 1 rings (SSSR count). The molecular formula is C12H23NO. The Bertz CT molecular complexity index is 230. The fraction of sp³-hybridized carbons (Fsp3) is 0.833. The maximum absolute atomic E-state index is 5.99. The molecule has 0 aromatic heterocycles. The second kappa shape index (κ2) is 3.67. The molecule has 1 N–H and O–H groups in total. The van der Waals surface area contributed by atoms with Gasteiger partial charge in [-0.3, -0.25) is 0 Å². The zero-order chi connectivity index (χ0) is 11.0. The zero-order valence-corrected chi connectivity index (χ0v) is 10.1. The van der Waals surface area contributed by atoms with Crippen molar-refractivity contribution in [2.24, 2.45) is 0 Å². The minimum Gasteiger partial charge on any atom is -0.368 e. The fourth-order valence-electron chi connectivity index (χ4n) is 2.18. The van der Waals surface area contributed by atoms with Gasteiger partial charge in [0.15, 0.2) is 0 Å². The van der Waals surface area contributed by atoms with E-state index >= 15 is 0 Å². The van der Waals surface area contributed by atoms with Crippen LogP contribution in [0.4, 0.5) is 0 Å². The Kier molecular flexibility index (Phi) is 3.07. The van der Waals surface area contributed by atoms with Crippen LogP contribution in [0, 0.1) is 0 Å². The normalized spacial score (nSPS) is 29.1. The van der Waals surface area contributed by atoms with Gasteiger partial charge in [-0.25, -0.2) is 0 Å². The Morgan fingerprint density at radius 3 is 2.36 bits per heavy atom. The van der Waals surface area contributed by atoms with Gasteiger partial charge in [0.2, 0.25) is 0 Å². The maximum Gasteiger partial charge on any atom is 0.0787 e. The molecular weight excluding hydrogens is 174 g/mol. The molecule has 1 atom stereocenters. The zero-order valence-electron chi connectivity index (χ0n) is 10.1. The van der Waals surface area contributed by atoms with Gasteiger partial charge >= 0.3 is 0 Å². The van der Waals surface area contributed by atoms with Crippen LogP contribution in [0.25, 0.3) is 0 Å². The summed E-state index contributed by atoms with van der Waals surface area (Å²) in [5, 5.41) is 3.50. The fourth-order valence-corrected chi connectivity index (χ4v) is 2.18. The molecule has 82 valence electrons. The Hall–Kier alpha value is -0.340. The topological polar surface area (TPSA) is 21.3 Å². The number of hydrogen-bond donors (Lipinski definition) is 1. The molecule has 1 aliphatic rings. The summed E-state index contributed by atoms with van der Waals surface area (Å²) in [4.78, 5) is 0. The van der Waals surface area contributed by atoms with Crippen molar-refractivity contribution in [1.29, 1.82) is 0 Å². The van der Waals surface area contributed by atoms with Crippen molar-refractivity contribution in [1.82, 2.24) is 5.32 Å². The predicted octanol–water partition coefficient (Wildman–Crippen LogP) is 2.50. The first-order valence-electron chi connectivity index (χ1n) is 5.31. The van der Waals surface area contributed by atoms with Crippen molar-refractivity contribution in [2.75, 3.05) is 6.54 Å². The summed E-state index contributed by atoms with van der Waals surface area (Å²) in [6.07, 6.45) is 1.06. The summed E-state index contributed by atoms with van der Waals surface area (Å²) >= 11 is 0. The number of nitrogens with one attached hydrogen (secondary N) is 1. The van der Waals surface area contributed by atoms with Gasteiger partial charge < -0.3 is 10.1 Å². The van der Waals surface area contributed by atoms with Crippen molar-refractivity contribution >= 4 is 0 Å². The third kappa shape index (κ3) is 2.82. The maximum atomic E-state index is 5.99. The first-order valence-corrected chi connectivity index (χ1v) is 5.31. The molecule has 0 aromatic carbocycles. The lowest BCUT2D eigenvalue weighted by molar-refractivity contribution is -0.0696. The Labute approximate surface area is 87.7 Å². The lowest BCUT2D eigenvalue weighted by atomic mass is 9.94. The van der Waals surface area contributed by atoms with E-state index in [1.807, 2.05) is 6.92 Å². The van der Waals surface area contributed by atoms with Gasteiger partial charge in [-0.05, 0) is 41.0 Å². The molecule has 1 saturated heterocycles. The molecule has 2 nitrogen and oxygen atoms in total. The largest absolute Gasteiger partial charge is 0.368 e. The van der Waals surface area contributed by atoms with Crippen LogP contribution < -0.4 is 5.32 Å². The van der Waals surface area contributed by atoms with E-state index in [-0.39, 0.29) is 11.2 Å². The summed E-state index contributed by atoms with van der Waals surface area (Å²) in [6, 6.07) is 0.425. The molecule has 0 aliphatic carbocycles. The van der Waals surface area contributed by atoms with Gasteiger partial charge in [0.25, 0.3) is 0 Å². The second-order valence-electron chi connectivity index (χ2n) is 5.56. The molecule has 14 heavy (non-hydrogen) atoms. The summed E-state index contributed by atoms with van der Waals surface area (Å²) < 4.78 is 5.99. The minimum absolute atomic E-state index is 0.00373. The Balaban J connectivity index is 2.57. The highest BCUT2D eigenvalue weighted by Crippen LogP contribution is 2.37. The highest BCUT2D eigenvalue weighted by Gasteiger charge is 2.45. The highest BCUT2D eigenvalue weighted by atomic mass is 16.5. The van der Waals surface area contributed by atoms with Crippen molar-refractivity contribution in [3.63, 3.8) is 0 Å². The average molecular weight is 197 g/mol. The van der Waals surface area contributed by atoms with Gasteiger partial charge in [0.1, 0.15) is 0 Å². The van der Waals surface area contributed by atoms with E-state index in [1.54, 1.807) is 0 Å². The van der Waals surface area contributed by atoms with Crippen LogP contribution in [0.2, 0.25) is 0 Å². The van der Waals surface area contributed by atoms with Crippen LogP contribution in [-0.2, 0) is 4.74 Å². The molecule has 0 bridgehead atoms. The summed E-state index contributed by atoms with van der Waals surface area (Å²) in [5.74, 6) is 0. The highest BCUT2D eigenvalue weighted by molar-refractivity contribution is 5.01. The SMILES string of the molecule is C=C(C)CNC1CC(C)(C)OC1(C)C. The number of hydrogen-bond acceptors (Lipinski definition) is 2. The van der Waals surface area contributed by atoms with E-state index in [4.69, 9.17) is 4.74 Å². The van der Waals surface area contributed by atoms with Gasteiger partial charge in [-0.2, -0.15) is 0 Å². The third-order valence-corrected chi connectivity index (χ3v) is 2.72. The van der Waals surface area contributed by atoms with E-state index in [9.17, 15) is 0 Å². The van der Waals surface area contributed by atoms with E-state index in [1.165, 1.54) is 5.57 Å². The van der Waals surface area contributed by atoms with Gasteiger partial charge in [-0.1, -0.05) is 12.2 Å². The van der Waals surface area contributed by atoms with E-state index in [0.29, 0.717) is 6.04 Å². The van der Waals surface area contributed by atoms with E-state index in [0.717, 1.165) is 13.0 Å². The third-order valence-electron chi connectivity index (χ3n) is 2.72. The lowest BCUT2D eigenvalue weighted by Gasteiger charge is -2.27. The van der Waals surface area contributed by atoms with Crippen LogP contribution in [0.1, 0.15) is 41.0 Å². The first kappa shape index (κ1) is 11.7. The lowest BCUT2D eigenvalue weighted by Crippen LogP contribution is -2.43. The Morgan fingerprint density at radius 1 is 1.43 bits per heavy atom. The smallest absolute Gasteiger partial charge is 0.0787 e. The molecule has 1 fully saturated rings. The van der Waals surface area contributed by atoms with Crippen LogP contribution in [0.3, 0.4) is 0 Å². The summed E-state index contributed by atoms with van der Waals surface area (Å²) in [6.45, 7) is 15.4. The number of ether oxygens (including phenoxy) is 1. The molecule has 1 aliphatic heterocycles. The molecule has 1 heterocycles. The van der Waals surface area contributed by atoms with E-state index in [2.05, 4.69) is 39.6 Å². The molecule has 0 radical (unpaired) electrons. The Morgan fingerprint density at radius 2 is 2.00 bits per heavy atom. The standard InChI is InChI=1S/C12H23NO/c1-9(2)8-13-10-7-11(3,4)14-12(10,5)6/h10,13H,1,7-8H2,2-6H3. The number of rotatable bonds is 3. The van der Waals surface area contributed by atoms with Gasteiger partial charge in [-0.15, -0.1) is 0 Å². The van der Waals surface area contributed by atoms with Crippen molar-refractivity contribution in [3.8, 4) is 0 Å². The molecule has 0 amide bonds. The monoisotopic (exact) mass is 197 g/mol. The van der Waals surface area contributed by atoms with Crippen molar-refractivity contribution < 1.29 is 4.74 Å². The summed E-state index contributed by atoms with van der Waals surface area (Å²) in [5.41, 5.74) is 1.10. The molecule has 0 spiro atoms. The predicted molar refractivity (Wildman–Crippen MR) is 60.5 cm³/mol. The quantitative estimate of drug-likeness (QED) is 0.702. The van der Waals surface area contributed by atoms with Crippen LogP contribution in [-0.4, -0.2) is 23.8 Å². The van der Waals surface area contributed by atoms with E-state index < -0.39 is 0 Å². The van der Waals surface area contributed by atoms with Gasteiger partial charge in [0.05, 0.1) is 11.2 Å². The van der Waals surface area contributed by atoms with Crippen LogP contribution in [0.15, 0.2) is 12.2 Å². The molecule has 0 saturated carbocycles.